The molecule has 3 unspecified atom stereocenters. The van der Waals surface area contributed by atoms with E-state index in [-0.39, 0.29) is 5.54 Å². The van der Waals surface area contributed by atoms with Crippen LogP contribution in [-0.4, -0.2) is 10.5 Å². The Hall–Kier alpha value is -0.890. The minimum atomic E-state index is -0.00345. The van der Waals surface area contributed by atoms with Gasteiger partial charge in [0.1, 0.15) is 0 Å². The highest BCUT2D eigenvalue weighted by Crippen LogP contribution is 2.47. The largest absolute Gasteiger partial charge is 0.324 e. The summed E-state index contributed by atoms with van der Waals surface area (Å²) in [6.45, 7) is 2.31. The van der Waals surface area contributed by atoms with E-state index in [1.54, 1.807) is 0 Å². The molecular formula is C17H26N2. The number of hydrogen-bond acceptors (Lipinski definition) is 2. The Morgan fingerprint density at radius 1 is 1.32 bits per heavy atom. The van der Waals surface area contributed by atoms with Gasteiger partial charge >= 0.3 is 0 Å². The number of fused-ring (bicyclic) bond motifs is 1. The van der Waals surface area contributed by atoms with Crippen LogP contribution in [0.1, 0.15) is 69.0 Å². The van der Waals surface area contributed by atoms with Crippen LogP contribution in [0.15, 0.2) is 18.3 Å². The number of rotatable bonds is 2. The first-order chi connectivity index (χ1) is 9.25. The average Bonchev–Trinajstić information content (AvgIpc) is 2.47. The molecule has 1 heterocycles. The predicted octanol–water partition coefficient (Wildman–Crippen LogP) is 3.80. The lowest BCUT2D eigenvalue weighted by molar-refractivity contribution is 0.137. The fraction of sp³-hybridized carbons (Fsp3) is 0.706. The second-order valence-electron chi connectivity index (χ2n) is 6.46. The van der Waals surface area contributed by atoms with E-state index < -0.39 is 0 Å². The van der Waals surface area contributed by atoms with Gasteiger partial charge in [-0.05, 0) is 49.7 Å². The Labute approximate surface area is 116 Å². The van der Waals surface area contributed by atoms with E-state index in [9.17, 15) is 0 Å². The molecule has 0 aromatic carbocycles. The third-order valence-electron chi connectivity index (χ3n) is 5.51. The summed E-state index contributed by atoms with van der Waals surface area (Å²) >= 11 is 0. The first-order valence-corrected chi connectivity index (χ1v) is 7.98. The maximum atomic E-state index is 6.96. The van der Waals surface area contributed by atoms with Crippen molar-refractivity contribution in [1.29, 1.82) is 0 Å². The molecule has 0 aliphatic heterocycles. The van der Waals surface area contributed by atoms with Crippen molar-refractivity contribution in [3.05, 3.63) is 29.6 Å². The fourth-order valence-corrected chi connectivity index (χ4v) is 4.47. The molecule has 1 saturated carbocycles. The van der Waals surface area contributed by atoms with Gasteiger partial charge in [0.2, 0.25) is 0 Å². The van der Waals surface area contributed by atoms with Crippen molar-refractivity contribution >= 4 is 0 Å². The van der Waals surface area contributed by atoms with Gasteiger partial charge in [-0.1, -0.05) is 32.3 Å². The summed E-state index contributed by atoms with van der Waals surface area (Å²) in [5.41, 5.74) is 9.72. The van der Waals surface area contributed by atoms with Crippen molar-refractivity contribution in [2.45, 2.75) is 69.7 Å². The van der Waals surface area contributed by atoms with Crippen molar-refractivity contribution in [3.8, 4) is 0 Å². The summed E-state index contributed by atoms with van der Waals surface area (Å²) in [4.78, 5) is 4.71. The van der Waals surface area contributed by atoms with E-state index in [1.165, 1.54) is 62.6 Å². The number of pyridine rings is 1. The van der Waals surface area contributed by atoms with Gasteiger partial charge < -0.3 is 5.73 Å². The predicted molar refractivity (Wildman–Crippen MR) is 79.1 cm³/mol. The van der Waals surface area contributed by atoms with Crippen LogP contribution in [-0.2, 0) is 6.42 Å². The molecule has 1 aromatic heterocycles. The molecule has 0 amide bonds. The van der Waals surface area contributed by atoms with Crippen molar-refractivity contribution < 1.29 is 0 Å². The summed E-state index contributed by atoms with van der Waals surface area (Å²) in [5, 5.41) is 0. The highest BCUT2D eigenvalue weighted by Gasteiger charge is 2.45. The highest BCUT2D eigenvalue weighted by atomic mass is 14.8. The number of hydrogen-bond donors (Lipinski definition) is 1. The smallest absolute Gasteiger partial charge is 0.0484 e. The van der Waals surface area contributed by atoms with E-state index >= 15 is 0 Å². The molecule has 19 heavy (non-hydrogen) atoms. The van der Waals surface area contributed by atoms with Gasteiger partial charge in [-0.25, -0.2) is 0 Å². The van der Waals surface area contributed by atoms with Crippen LogP contribution in [0.3, 0.4) is 0 Å². The first kappa shape index (κ1) is 13.1. The number of nitrogens with zero attached hydrogens (tertiary/aromatic N) is 1. The zero-order chi connectivity index (χ0) is 13.3. The van der Waals surface area contributed by atoms with E-state index in [1.807, 2.05) is 6.20 Å². The Morgan fingerprint density at radius 3 is 3.05 bits per heavy atom. The third kappa shape index (κ3) is 2.20. The molecule has 2 aliphatic carbocycles. The molecule has 104 valence electrons. The zero-order valence-corrected chi connectivity index (χ0v) is 12.1. The van der Waals surface area contributed by atoms with Gasteiger partial charge in [0.15, 0.2) is 0 Å². The zero-order valence-electron chi connectivity index (χ0n) is 12.1. The number of aryl methyl sites for hydroxylation is 1. The minimum absolute atomic E-state index is 0.00345. The van der Waals surface area contributed by atoms with Crippen LogP contribution < -0.4 is 5.73 Å². The highest BCUT2D eigenvalue weighted by molar-refractivity contribution is 5.30. The SMILES string of the molecule is CCC1CCCCC1(N)C1CCCc2cccnc21. The van der Waals surface area contributed by atoms with E-state index in [0.29, 0.717) is 11.8 Å². The van der Waals surface area contributed by atoms with Crippen LogP contribution in [0.2, 0.25) is 0 Å². The number of aromatic nitrogens is 1. The van der Waals surface area contributed by atoms with Crippen LogP contribution in [0.5, 0.6) is 0 Å². The lowest BCUT2D eigenvalue weighted by Gasteiger charge is -2.48. The molecule has 3 rings (SSSR count). The van der Waals surface area contributed by atoms with E-state index in [4.69, 9.17) is 10.7 Å². The summed E-state index contributed by atoms with van der Waals surface area (Å²) in [6.07, 6.45) is 12.0. The first-order valence-electron chi connectivity index (χ1n) is 7.98. The monoisotopic (exact) mass is 258 g/mol. The molecule has 2 heteroatoms. The summed E-state index contributed by atoms with van der Waals surface area (Å²) in [7, 11) is 0. The molecule has 2 aliphatic rings. The van der Waals surface area contributed by atoms with Gasteiger partial charge in [-0.3, -0.25) is 4.98 Å². The Kier molecular flexibility index (Phi) is 3.62. The molecule has 2 nitrogen and oxygen atoms in total. The Bertz CT molecular complexity index is 443. The Balaban J connectivity index is 1.97. The van der Waals surface area contributed by atoms with Gasteiger partial charge in [-0.15, -0.1) is 0 Å². The van der Waals surface area contributed by atoms with Crippen LogP contribution in [0.25, 0.3) is 0 Å². The van der Waals surface area contributed by atoms with Gasteiger partial charge in [-0.2, -0.15) is 0 Å². The molecule has 2 N–H and O–H groups in total. The normalized spacial score (nSPS) is 34.8. The van der Waals surface area contributed by atoms with E-state index in [0.717, 1.165) is 0 Å². The van der Waals surface area contributed by atoms with Crippen molar-refractivity contribution in [1.82, 2.24) is 4.98 Å². The average molecular weight is 258 g/mol. The third-order valence-corrected chi connectivity index (χ3v) is 5.51. The maximum absolute atomic E-state index is 6.96. The van der Waals surface area contributed by atoms with Gasteiger partial charge in [0.25, 0.3) is 0 Å². The molecule has 3 atom stereocenters. The molecular weight excluding hydrogens is 232 g/mol. The molecule has 0 bridgehead atoms. The van der Waals surface area contributed by atoms with E-state index in [2.05, 4.69) is 19.1 Å². The number of nitrogens with two attached hydrogens (primary N) is 1. The second-order valence-corrected chi connectivity index (χ2v) is 6.46. The molecule has 1 fully saturated rings. The Morgan fingerprint density at radius 2 is 2.21 bits per heavy atom. The molecule has 0 radical (unpaired) electrons. The van der Waals surface area contributed by atoms with Gasteiger partial charge in [0.05, 0.1) is 0 Å². The molecule has 0 saturated heterocycles. The summed E-state index contributed by atoms with van der Waals surface area (Å²) in [6, 6.07) is 4.32. The van der Waals surface area contributed by atoms with Crippen LogP contribution in [0.4, 0.5) is 0 Å². The van der Waals surface area contributed by atoms with Crippen molar-refractivity contribution in [2.24, 2.45) is 11.7 Å². The summed E-state index contributed by atoms with van der Waals surface area (Å²) in [5.74, 6) is 1.17. The second kappa shape index (κ2) is 5.24. The van der Waals surface area contributed by atoms with Crippen LogP contribution >= 0.6 is 0 Å². The van der Waals surface area contributed by atoms with Crippen LogP contribution in [0, 0.1) is 5.92 Å². The van der Waals surface area contributed by atoms with Gasteiger partial charge in [0, 0.05) is 23.3 Å². The maximum Gasteiger partial charge on any atom is 0.0484 e. The molecule has 0 spiro atoms. The minimum Gasteiger partial charge on any atom is -0.324 e. The fourth-order valence-electron chi connectivity index (χ4n) is 4.47. The van der Waals surface area contributed by atoms with Crippen molar-refractivity contribution in [2.75, 3.05) is 0 Å². The lowest BCUT2D eigenvalue weighted by atomic mass is 9.61. The lowest BCUT2D eigenvalue weighted by Crippen LogP contribution is -2.54. The van der Waals surface area contributed by atoms with Crippen molar-refractivity contribution in [3.63, 3.8) is 0 Å². The summed E-state index contributed by atoms with van der Waals surface area (Å²) < 4.78 is 0. The standard InChI is InChI=1S/C17H26N2/c1-2-14-9-3-4-11-17(14,18)15-10-5-7-13-8-6-12-19-16(13)15/h6,8,12,14-15H,2-5,7,9-11,18H2,1H3. The topological polar surface area (TPSA) is 38.9 Å². The quantitative estimate of drug-likeness (QED) is 0.876. The molecule has 1 aromatic rings.